The second-order valence-electron chi connectivity index (χ2n) is 4.92. The summed E-state index contributed by atoms with van der Waals surface area (Å²) in [5.74, 6) is 0.686. The molecule has 1 amide bonds. The van der Waals surface area contributed by atoms with Crippen molar-refractivity contribution in [2.75, 3.05) is 0 Å². The number of carbonyl (C=O) groups excluding carboxylic acids is 1. The molecule has 0 spiro atoms. The lowest BCUT2D eigenvalue weighted by atomic mass is 10.1. The van der Waals surface area contributed by atoms with Crippen molar-refractivity contribution in [2.45, 2.75) is 32.9 Å². The summed E-state index contributed by atoms with van der Waals surface area (Å²) in [6.45, 7) is 5.92. The molecule has 1 heterocycles. The number of nitrogens with zero attached hydrogens (tertiary/aromatic N) is 1. The first-order chi connectivity index (χ1) is 9.56. The molecule has 5 heteroatoms. The molecule has 5 nitrogen and oxygen atoms in total. The van der Waals surface area contributed by atoms with Crippen LogP contribution in [-0.2, 0) is 0 Å². The smallest absolute Gasteiger partial charge is 0.254 e. The third kappa shape index (κ3) is 3.60. The Morgan fingerprint density at radius 3 is 2.50 bits per heavy atom. The average Bonchev–Trinajstić information content (AvgIpc) is 2.92. The molecule has 2 aromatic rings. The SMILES string of the molecule is CC(C)Oc1ccc(C(C)NC(=O)c2cn[nH]c2)cc1. The van der Waals surface area contributed by atoms with Gasteiger partial charge in [0.2, 0.25) is 0 Å². The van der Waals surface area contributed by atoms with Crippen LogP contribution in [-0.4, -0.2) is 22.2 Å². The molecule has 1 atom stereocenters. The first-order valence-corrected chi connectivity index (χ1v) is 6.62. The molecular formula is C15H19N3O2. The monoisotopic (exact) mass is 273 g/mol. The molecule has 2 rings (SSSR count). The zero-order chi connectivity index (χ0) is 14.5. The van der Waals surface area contributed by atoms with E-state index < -0.39 is 0 Å². The van der Waals surface area contributed by atoms with Crippen molar-refractivity contribution in [3.05, 3.63) is 47.8 Å². The second kappa shape index (κ2) is 6.23. The predicted octanol–water partition coefficient (Wildman–Crippen LogP) is 2.69. The number of aromatic nitrogens is 2. The van der Waals surface area contributed by atoms with Crippen LogP contribution in [0.5, 0.6) is 5.75 Å². The Bertz CT molecular complexity index is 547. The minimum Gasteiger partial charge on any atom is -0.491 e. The average molecular weight is 273 g/mol. The summed E-state index contributed by atoms with van der Waals surface area (Å²) in [6.07, 6.45) is 3.22. The summed E-state index contributed by atoms with van der Waals surface area (Å²) in [6, 6.07) is 7.66. The Morgan fingerprint density at radius 2 is 1.95 bits per heavy atom. The summed E-state index contributed by atoms with van der Waals surface area (Å²) < 4.78 is 5.59. The predicted molar refractivity (Wildman–Crippen MR) is 76.7 cm³/mol. The molecule has 0 fully saturated rings. The van der Waals surface area contributed by atoms with E-state index in [0.29, 0.717) is 5.56 Å². The standard InChI is InChI=1S/C15H19N3O2/c1-10(2)20-14-6-4-12(5-7-14)11(3)18-15(19)13-8-16-17-9-13/h4-11H,1-3H3,(H,16,17)(H,18,19). The normalized spacial score (nSPS) is 12.2. The van der Waals surface area contributed by atoms with Gasteiger partial charge in [-0.3, -0.25) is 9.89 Å². The number of H-pyrrole nitrogens is 1. The molecule has 0 aliphatic rings. The summed E-state index contributed by atoms with van der Waals surface area (Å²) in [7, 11) is 0. The quantitative estimate of drug-likeness (QED) is 0.880. The molecule has 1 aromatic carbocycles. The highest BCUT2D eigenvalue weighted by Crippen LogP contribution is 2.18. The maximum atomic E-state index is 11.9. The van der Waals surface area contributed by atoms with Crippen molar-refractivity contribution in [1.82, 2.24) is 15.5 Å². The Balaban J connectivity index is 1.98. The van der Waals surface area contributed by atoms with Gasteiger partial charge in [-0.2, -0.15) is 5.10 Å². The van der Waals surface area contributed by atoms with Gasteiger partial charge in [-0.05, 0) is 38.5 Å². The van der Waals surface area contributed by atoms with Crippen molar-refractivity contribution in [1.29, 1.82) is 0 Å². The zero-order valence-corrected chi connectivity index (χ0v) is 11.9. The van der Waals surface area contributed by atoms with E-state index in [0.717, 1.165) is 11.3 Å². The van der Waals surface area contributed by atoms with E-state index in [1.54, 1.807) is 6.20 Å². The minimum absolute atomic E-state index is 0.0782. The van der Waals surface area contributed by atoms with Crippen LogP contribution in [0.1, 0.15) is 42.7 Å². The van der Waals surface area contributed by atoms with Gasteiger partial charge in [-0.25, -0.2) is 0 Å². The highest BCUT2D eigenvalue weighted by molar-refractivity contribution is 5.93. The molecule has 106 valence electrons. The van der Waals surface area contributed by atoms with Crippen LogP contribution < -0.4 is 10.1 Å². The van der Waals surface area contributed by atoms with E-state index in [-0.39, 0.29) is 18.1 Å². The van der Waals surface area contributed by atoms with Gasteiger partial charge in [0.15, 0.2) is 0 Å². The second-order valence-corrected chi connectivity index (χ2v) is 4.92. The van der Waals surface area contributed by atoms with Gasteiger partial charge in [0, 0.05) is 6.20 Å². The lowest BCUT2D eigenvalue weighted by molar-refractivity contribution is 0.0940. The van der Waals surface area contributed by atoms with Gasteiger partial charge in [0.1, 0.15) is 5.75 Å². The number of carbonyl (C=O) groups is 1. The largest absolute Gasteiger partial charge is 0.491 e. The Hall–Kier alpha value is -2.30. The van der Waals surface area contributed by atoms with Gasteiger partial charge in [-0.1, -0.05) is 12.1 Å². The van der Waals surface area contributed by atoms with Crippen LogP contribution in [0.3, 0.4) is 0 Å². The van der Waals surface area contributed by atoms with Crippen LogP contribution in [0.2, 0.25) is 0 Å². The van der Waals surface area contributed by atoms with E-state index in [4.69, 9.17) is 4.74 Å². The van der Waals surface area contributed by atoms with E-state index in [1.165, 1.54) is 6.20 Å². The molecule has 0 radical (unpaired) electrons. The number of aromatic amines is 1. The molecule has 1 unspecified atom stereocenters. The summed E-state index contributed by atoms with van der Waals surface area (Å²) in [5, 5.41) is 9.30. The maximum absolute atomic E-state index is 11.9. The van der Waals surface area contributed by atoms with Crippen LogP contribution >= 0.6 is 0 Å². The zero-order valence-electron chi connectivity index (χ0n) is 11.9. The number of amides is 1. The Morgan fingerprint density at radius 1 is 1.25 bits per heavy atom. The summed E-state index contributed by atoms with van der Waals surface area (Å²) in [5.41, 5.74) is 1.55. The van der Waals surface area contributed by atoms with Gasteiger partial charge in [-0.15, -0.1) is 0 Å². The van der Waals surface area contributed by atoms with Gasteiger partial charge in [0.25, 0.3) is 5.91 Å². The van der Waals surface area contributed by atoms with Crippen LogP contribution in [0.25, 0.3) is 0 Å². The number of rotatable bonds is 5. The lowest BCUT2D eigenvalue weighted by Gasteiger charge is -2.15. The van der Waals surface area contributed by atoms with E-state index >= 15 is 0 Å². The first-order valence-electron chi connectivity index (χ1n) is 6.62. The highest BCUT2D eigenvalue weighted by atomic mass is 16.5. The number of nitrogens with one attached hydrogen (secondary N) is 2. The minimum atomic E-state index is -0.145. The van der Waals surface area contributed by atoms with Crippen molar-refractivity contribution >= 4 is 5.91 Å². The fraction of sp³-hybridized carbons (Fsp3) is 0.333. The summed E-state index contributed by atoms with van der Waals surface area (Å²) in [4.78, 5) is 11.9. The van der Waals surface area contributed by atoms with Crippen molar-refractivity contribution in [2.24, 2.45) is 0 Å². The molecular weight excluding hydrogens is 254 g/mol. The molecule has 20 heavy (non-hydrogen) atoms. The van der Waals surface area contributed by atoms with Gasteiger partial charge >= 0.3 is 0 Å². The topological polar surface area (TPSA) is 67.0 Å². The molecule has 1 aromatic heterocycles. The third-order valence-electron chi connectivity index (χ3n) is 2.86. The van der Waals surface area contributed by atoms with Crippen LogP contribution in [0, 0.1) is 0 Å². The summed E-state index contributed by atoms with van der Waals surface area (Å²) >= 11 is 0. The van der Waals surface area contributed by atoms with Crippen LogP contribution in [0.4, 0.5) is 0 Å². The van der Waals surface area contributed by atoms with Crippen molar-refractivity contribution in [3.8, 4) is 5.75 Å². The number of benzene rings is 1. The van der Waals surface area contributed by atoms with E-state index in [2.05, 4.69) is 15.5 Å². The highest BCUT2D eigenvalue weighted by Gasteiger charge is 2.12. The third-order valence-corrected chi connectivity index (χ3v) is 2.86. The molecule has 0 aliphatic carbocycles. The Kier molecular flexibility index (Phi) is 4.40. The lowest BCUT2D eigenvalue weighted by Crippen LogP contribution is -2.26. The number of hydrogen-bond acceptors (Lipinski definition) is 3. The fourth-order valence-corrected chi connectivity index (χ4v) is 1.85. The van der Waals surface area contributed by atoms with E-state index in [9.17, 15) is 4.79 Å². The molecule has 2 N–H and O–H groups in total. The van der Waals surface area contributed by atoms with Crippen molar-refractivity contribution in [3.63, 3.8) is 0 Å². The number of hydrogen-bond donors (Lipinski definition) is 2. The molecule has 0 saturated heterocycles. The van der Waals surface area contributed by atoms with Gasteiger partial charge in [0.05, 0.1) is 23.9 Å². The molecule has 0 aliphatic heterocycles. The Labute approximate surface area is 118 Å². The van der Waals surface area contributed by atoms with Crippen molar-refractivity contribution < 1.29 is 9.53 Å². The first kappa shape index (κ1) is 14.1. The number of ether oxygens (including phenoxy) is 1. The maximum Gasteiger partial charge on any atom is 0.254 e. The molecule has 0 saturated carbocycles. The van der Waals surface area contributed by atoms with Crippen LogP contribution in [0.15, 0.2) is 36.7 Å². The van der Waals surface area contributed by atoms with E-state index in [1.807, 2.05) is 45.0 Å². The molecule has 0 bridgehead atoms. The van der Waals surface area contributed by atoms with Gasteiger partial charge < -0.3 is 10.1 Å². The fourth-order valence-electron chi connectivity index (χ4n) is 1.85.